The first-order valence-corrected chi connectivity index (χ1v) is 9.81. The van der Waals surface area contributed by atoms with Gasteiger partial charge < -0.3 is 19.7 Å². The molecule has 1 heterocycles. The number of aryl methyl sites for hydroxylation is 2. The molecule has 0 aliphatic carbocycles. The Hall–Kier alpha value is -3.68. The van der Waals surface area contributed by atoms with E-state index in [1.807, 2.05) is 32.0 Å². The van der Waals surface area contributed by atoms with Gasteiger partial charge in [0.15, 0.2) is 6.61 Å². The summed E-state index contributed by atoms with van der Waals surface area (Å²) in [5.74, 6) is -2.36. The maximum atomic E-state index is 12.4. The molecule has 8 heteroatoms. The lowest BCUT2D eigenvalue weighted by Crippen LogP contribution is -2.28. The van der Waals surface area contributed by atoms with Gasteiger partial charge in [-0.25, -0.2) is 4.79 Å². The molecule has 2 aromatic rings. The fraction of sp³-hybridized carbons (Fsp3) is 0.304. The number of amides is 2. The summed E-state index contributed by atoms with van der Waals surface area (Å²) in [6, 6.07) is 11.9. The molecule has 0 saturated carbocycles. The molecule has 1 fully saturated rings. The van der Waals surface area contributed by atoms with Crippen molar-refractivity contribution < 1.29 is 28.7 Å². The number of nitrogens with zero attached hydrogens (tertiary/aromatic N) is 1. The third-order valence-corrected chi connectivity index (χ3v) is 5.05. The smallest absolute Gasteiger partial charge is 0.337 e. The van der Waals surface area contributed by atoms with Crippen LogP contribution in [0.15, 0.2) is 42.5 Å². The van der Waals surface area contributed by atoms with Gasteiger partial charge in [-0.1, -0.05) is 12.1 Å². The van der Waals surface area contributed by atoms with Crippen molar-refractivity contribution in [1.29, 1.82) is 0 Å². The topological polar surface area (TPSA) is 102 Å². The molecule has 0 radical (unpaired) electrons. The van der Waals surface area contributed by atoms with E-state index in [0.717, 1.165) is 16.8 Å². The average molecular weight is 424 g/mol. The van der Waals surface area contributed by atoms with E-state index in [9.17, 15) is 19.2 Å². The Morgan fingerprint density at radius 3 is 2.48 bits per heavy atom. The van der Waals surface area contributed by atoms with E-state index in [0.29, 0.717) is 11.3 Å². The van der Waals surface area contributed by atoms with Gasteiger partial charge in [-0.15, -0.1) is 0 Å². The molecular formula is C23H24N2O6. The number of anilines is 2. The highest BCUT2D eigenvalue weighted by atomic mass is 16.5. The van der Waals surface area contributed by atoms with Gasteiger partial charge in [0.25, 0.3) is 5.91 Å². The Bertz CT molecular complexity index is 1020. The van der Waals surface area contributed by atoms with Gasteiger partial charge in [-0.3, -0.25) is 14.4 Å². The summed E-state index contributed by atoms with van der Waals surface area (Å²) < 4.78 is 9.74. The van der Waals surface area contributed by atoms with Crippen LogP contribution < -0.4 is 10.2 Å². The lowest BCUT2D eigenvalue weighted by molar-refractivity contribution is -0.151. The second-order valence-corrected chi connectivity index (χ2v) is 7.42. The highest BCUT2D eigenvalue weighted by molar-refractivity contribution is 6.00. The number of carbonyl (C=O) groups is 4. The zero-order chi connectivity index (χ0) is 22.5. The average Bonchev–Trinajstić information content (AvgIpc) is 3.15. The molecule has 31 heavy (non-hydrogen) atoms. The van der Waals surface area contributed by atoms with E-state index in [-0.39, 0.29) is 18.9 Å². The van der Waals surface area contributed by atoms with Crippen LogP contribution in [-0.2, 0) is 23.9 Å². The number of hydrogen-bond acceptors (Lipinski definition) is 6. The van der Waals surface area contributed by atoms with Crippen molar-refractivity contribution in [3.8, 4) is 0 Å². The minimum Gasteiger partial charge on any atom is -0.465 e. The van der Waals surface area contributed by atoms with Crippen LogP contribution >= 0.6 is 0 Å². The molecule has 0 bridgehead atoms. The summed E-state index contributed by atoms with van der Waals surface area (Å²) in [6.45, 7) is 3.61. The van der Waals surface area contributed by atoms with Crippen molar-refractivity contribution in [3.63, 3.8) is 0 Å². The molecule has 0 aromatic heterocycles. The minimum absolute atomic E-state index is 0.0445. The third-order valence-electron chi connectivity index (χ3n) is 5.05. The van der Waals surface area contributed by atoms with Crippen molar-refractivity contribution in [2.75, 3.05) is 30.5 Å². The molecule has 1 saturated heterocycles. The number of hydrogen-bond donors (Lipinski definition) is 1. The lowest BCUT2D eigenvalue weighted by Gasteiger charge is -2.19. The van der Waals surface area contributed by atoms with Crippen LogP contribution in [0.2, 0.25) is 0 Å². The Balaban J connectivity index is 1.52. The van der Waals surface area contributed by atoms with Gasteiger partial charge in [-0.2, -0.15) is 0 Å². The molecule has 0 spiro atoms. The normalized spacial score (nSPS) is 15.5. The summed E-state index contributed by atoms with van der Waals surface area (Å²) in [6.07, 6.45) is 0.0445. The second-order valence-electron chi connectivity index (χ2n) is 7.42. The van der Waals surface area contributed by atoms with Gasteiger partial charge in [0.1, 0.15) is 0 Å². The van der Waals surface area contributed by atoms with Crippen LogP contribution in [0, 0.1) is 19.8 Å². The summed E-state index contributed by atoms with van der Waals surface area (Å²) >= 11 is 0. The number of ether oxygens (including phenoxy) is 2. The second kappa shape index (κ2) is 9.42. The van der Waals surface area contributed by atoms with Crippen LogP contribution in [0.4, 0.5) is 11.4 Å². The third kappa shape index (κ3) is 5.28. The zero-order valence-corrected chi connectivity index (χ0v) is 17.6. The fourth-order valence-electron chi connectivity index (χ4n) is 3.37. The van der Waals surface area contributed by atoms with Crippen LogP contribution in [-0.4, -0.2) is 44.0 Å². The van der Waals surface area contributed by atoms with Gasteiger partial charge in [0.05, 0.1) is 18.6 Å². The Kier molecular flexibility index (Phi) is 6.69. The molecule has 1 aliphatic heterocycles. The van der Waals surface area contributed by atoms with Crippen LogP contribution in [0.3, 0.4) is 0 Å². The van der Waals surface area contributed by atoms with Crippen molar-refractivity contribution in [1.82, 2.24) is 0 Å². The zero-order valence-electron chi connectivity index (χ0n) is 17.6. The van der Waals surface area contributed by atoms with Crippen molar-refractivity contribution >= 4 is 35.1 Å². The minimum atomic E-state index is -0.625. The predicted octanol–water partition coefficient (Wildman–Crippen LogP) is 2.62. The van der Waals surface area contributed by atoms with E-state index in [2.05, 4.69) is 10.1 Å². The van der Waals surface area contributed by atoms with Gasteiger partial charge >= 0.3 is 11.9 Å². The molecule has 3 rings (SSSR count). The predicted molar refractivity (Wildman–Crippen MR) is 114 cm³/mol. The van der Waals surface area contributed by atoms with E-state index in [4.69, 9.17) is 4.74 Å². The summed E-state index contributed by atoms with van der Waals surface area (Å²) in [5.41, 5.74) is 3.56. The van der Waals surface area contributed by atoms with E-state index in [1.165, 1.54) is 19.2 Å². The van der Waals surface area contributed by atoms with Gasteiger partial charge in [-0.05, 0) is 55.3 Å². The monoisotopic (exact) mass is 424 g/mol. The van der Waals surface area contributed by atoms with Crippen LogP contribution in [0.5, 0.6) is 0 Å². The molecule has 8 nitrogen and oxygen atoms in total. The molecule has 1 N–H and O–H groups in total. The number of nitrogens with one attached hydrogen (secondary N) is 1. The highest BCUT2D eigenvalue weighted by Gasteiger charge is 2.36. The molecule has 2 amide bonds. The molecule has 2 aromatic carbocycles. The standard InChI is InChI=1S/C23H24N2O6/c1-14-4-5-15(2)19(10-14)25-12-17(11-21(25)27)23(29)31-13-20(26)24-18-8-6-16(7-9-18)22(28)30-3/h4-10,17H,11-13H2,1-3H3,(H,24,26)/t17-/m0/s1. The van der Waals surface area contributed by atoms with Crippen molar-refractivity contribution in [3.05, 3.63) is 59.2 Å². The molecular weight excluding hydrogens is 400 g/mol. The summed E-state index contributed by atoms with van der Waals surface area (Å²) in [5, 5.41) is 2.58. The van der Waals surface area contributed by atoms with E-state index < -0.39 is 30.4 Å². The number of benzene rings is 2. The molecule has 1 aliphatic rings. The molecule has 0 unspecified atom stereocenters. The molecule has 1 atom stereocenters. The van der Waals surface area contributed by atoms with Crippen molar-refractivity contribution in [2.24, 2.45) is 5.92 Å². The number of carbonyl (C=O) groups excluding carboxylic acids is 4. The summed E-state index contributed by atoms with van der Waals surface area (Å²) in [7, 11) is 1.28. The summed E-state index contributed by atoms with van der Waals surface area (Å²) in [4.78, 5) is 49.9. The number of esters is 2. The molecule has 162 valence electrons. The lowest BCUT2D eigenvalue weighted by atomic mass is 10.1. The van der Waals surface area contributed by atoms with Gasteiger partial charge in [0, 0.05) is 24.3 Å². The first-order chi connectivity index (χ1) is 14.8. The Morgan fingerprint density at radius 1 is 1.10 bits per heavy atom. The van der Waals surface area contributed by atoms with E-state index in [1.54, 1.807) is 17.0 Å². The highest BCUT2D eigenvalue weighted by Crippen LogP contribution is 2.29. The van der Waals surface area contributed by atoms with Crippen LogP contribution in [0.1, 0.15) is 27.9 Å². The first-order valence-electron chi connectivity index (χ1n) is 9.81. The SMILES string of the molecule is COC(=O)c1ccc(NC(=O)COC(=O)[C@H]2CC(=O)N(c3cc(C)ccc3C)C2)cc1. The first kappa shape index (κ1) is 22.0. The van der Waals surface area contributed by atoms with Crippen LogP contribution in [0.25, 0.3) is 0 Å². The fourth-order valence-corrected chi connectivity index (χ4v) is 3.37. The maximum absolute atomic E-state index is 12.4. The van der Waals surface area contributed by atoms with Crippen molar-refractivity contribution in [2.45, 2.75) is 20.3 Å². The Labute approximate surface area is 180 Å². The largest absolute Gasteiger partial charge is 0.465 e. The van der Waals surface area contributed by atoms with E-state index >= 15 is 0 Å². The Morgan fingerprint density at radius 2 is 1.81 bits per heavy atom. The number of methoxy groups -OCH3 is 1. The maximum Gasteiger partial charge on any atom is 0.337 e. The number of rotatable bonds is 6. The van der Waals surface area contributed by atoms with Gasteiger partial charge in [0.2, 0.25) is 5.91 Å². The quantitative estimate of drug-likeness (QED) is 0.716.